The largest absolute Gasteiger partial charge is 0.497 e. The van der Waals surface area contributed by atoms with Gasteiger partial charge in [-0.15, -0.1) is 0 Å². The molecule has 2 aliphatic heterocycles. The Labute approximate surface area is 248 Å². The van der Waals surface area contributed by atoms with E-state index in [0.717, 1.165) is 47.5 Å². The maximum Gasteiger partial charge on any atom is 0.416 e. The zero-order chi connectivity index (χ0) is 30.5. The summed E-state index contributed by atoms with van der Waals surface area (Å²) in [6, 6.07) is 8.88. The molecule has 43 heavy (non-hydrogen) atoms. The molecule has 1 aromatic heterocycles. The summed E-state index contributed by atoms with van der Waals surface area (Å²) < 4.78 is 48.3. The van der Waals surface area contributed by atoms with E-state index in [9.17, 15) is 27.9 Å². The second-order valence-electron chi connectivity index (χ2n) is 12.1. The lowest BCUT2D eigenvalue weighted by atomic mass is 9.68. The van der Waals surface area contributed by atoms with Gasteiger partial charge in [-0.3, -0.25) is 14.5 Å². The Morgan fingerprint density at radius 3 is 2.49 bits per heavy atom. The number of fused-ring (bicyclic) bond motifs is 4. The first kappa shape index (κ1) is 29.5. The van der Waals surface area contributed by atoms with Gasteiger partial charge in [0.15, 0.2) is 0 Å². The van der Waals surface area contributed by atoms with Gasteiger partial charge in [0, 0.05) is 72.8 Å². The number of nitrogens with one attached hydrogen (secondary N) is 2. The number of halogens is 3. The smallest absolute Gasteiger partial charge is 0.416 e. The van der Waals surface area contributed by atoms with Gasteiger partial charge < -0.3 is 25.0 Å². The number of aliphatic hydroxyl groups is 1. The molecule has 3 N–H and O–H groups in total. The fourth-order valence-electron chi connectivity index (χ4n) is 7.24. The Bertz CT molecular complexity index is 1540. The van der Waals surface area contributed by atoms with Crippen LogP contribution >= 0.6 is 0 Å². The number of benzene rings is 2. The Morgan fingerprint density at radius 2 is 1.88 bits per heavy atom. The summed E-state index contributed by atoms with van der Waals surface area (Å²) in [5, 5.41) is 14.1. The molecule has 1 saturated carbocycles. The summed E-state index contributed by atoms with van der Waals surface area (Å²) in [4.78, 5) is 32.6. The topological polar surface area (TPSA) is 97.9 Å². The van der Waals surface area contributed by atoms with Gasteiger partial charge in [-0.1, -0.05) is 12.5 Å². The number of piperidine rings is 1. The van der Waals surface area contributed by atoms with Gasteiger partial charge in [0.1, 0.15) is 5.75 Å². The van der Waals surface area contributed by atoms with Crippen molar-refractivity contribution in [3.8, 4) is 5.75 Å². The number of H-pyrrole nitrogens is 1. The molecule has 1 atom stereocenters. The number of methoxy groups -OCH3 is 1. The van der Waals surface area contributed by atoms with E-state index < -0.39 is 29.1 Å². The van der Waals surface area contributed by atoms with Crippen LogP contribution in [0.3, 0.4) is 0 Å². The van der Waals surface area contributed by atoms with Crippen LogP contribution in [0.1, 0.15) is 70.9 Å². The number of rotatable bonds is 6. The summed E-state index contributed by atoms with van der Waals surface area (Å²) in [7, 11) is 2.97. The lowest BCUT2D eigenvalue weighted by molar-refractivity contribution is -0.140. The van der Waals surface area contributed by atoms with E-state index in [1.54, 1.807) is 7.11 Å². The molecule has 8 nitrogen and oxygen atoms in total. The average Bonchev–Trinajstić information content (AvgIpc) is 3.35. The van der Waals surface area contributed by atoms with E-state index >= 15 is 0 Å². The van der Waals surface area contributed by atoms with Crippen molar-refractivity contribution >= 4 is 22.7 Å². The molecule has 1 aliphatic carbocycles. The van der Waals surface area contributed by atoms with Crippen molar-refractivity contribution in [2.75, 3.05) is 40.4 Å². The van der Waals surface area contributed by atoms with Crippen molar-refractivity contribution in [3.63, 3.8) is 0 Å². The van der Waals surface area contributed by atoms with Crippen LogP contribution in [-0.2, 0) is 22.9 Å². The van der Waals surface area contributed by atoms with Crippen LogP contribution in [0.4, 0.5) is 13.2 Å². The Kier molecular flexibility index (Phi) is 7.66. The number of ether oxygens (including phenoxy) is 1. The van der Waals surface area contributed by atoms with E-state index in [2.05, 4.69) is 10.3 Å². The molecular weight excluding hydrogens is 561 g/mol. The SMILES string of the molecule is CNC(=O)c1ccc(CN2CC3(CCN(C(=O)C4CCC4)CC3)c3c([nH]c4cc(OC)ccc34)C2CO)c(C(F)(F)F)c1. The molecular formula is C32H37F3N4O4. The molecule has 0 bridgehead atoms. The summed E-state index contributed by atoms with van der Waals surface area (Å²) in [6.45, 7) is 1.20. The molecule has 230 valence electrons. The number of alkyl halides is 3. The maximum absolute atomic E-state index is 14.3. The van der Waals surface area contributed by atoms with Crippen molar-refractivity contribution in [1.82, 2.24) is 20.1 Å². The van der Waals surface area contributed by atoms with Crippen molar-refractivity contribution in [2.24, 2.45) is 5.92 Å². The number of amides is 2. The number of likely N-dealkylation sites (tertiary alicyclic amines) is 1. The summed E-state index contributed by atoms with van der Waals surface area (Å²) >= 11 is 0. The first-order valence-electron chi connectivity index (χ1n) is 14.8. The Hall–Kier alpha value is -3.57. The number of nitrogens with zero attached hydrogens (tertiary/aromatic N) is 2. The van der Waals surface area contributed by atoms with Crippen molar-refractivity contribution in [1.29, 1.82) is 0 Å². The van der Waals surface area contributed by atoms with E-state index in [1.165, 1.54) is 19.2 Å². The molecule has 2 amide bonds. The predicted octanol–water partition coefficient (Wildman–Crippen LogP) is 4.76. The minimum Gasteiger partial charge on any atom is -0.497 e. The summed E-state index contributed by atoms with van der Waals surface area (Å²) in [5.41, 5.74) is 1.35. The third kappa shape index (κ3) is 5.16. The van der Waals surface area contributed by atoms with Crippen LogP contribution in [0.25, 0.3) is 10.9 Å². The van der Waals surface area contributed by atoms with E-state index in [-0.39, 0.29) is 36.1 Å². The zero-order valence-electron chi connectivity index (χ0n) is 24.4. The number of hydrogen-bond acceptors (Lipinski definition) is 5. The van der Waals surface area contributed by atoms with E-state index in [1.807, 2.05) is 28.0 Å². The van der Waals surface area contributed by atoms with Crippen LogP contribution < -0.4 is 10.1 Å². The van der Waals surface area contributed by atoms with E-state index in [4.69, 9.17) is 4.74 Å². The van der Waals surface area contributed by atoms with Crippen LogP contribution in [0.2, 0.25) is 0 Å². The fourth-order valence-corrected chi connectivity index (χ4v) is 7.24. The minimum absolute atomic E-state index is 0.0348. The normalized spacial score (nSPS) is 20.6. The highest BCUT2D eigenvalue weighted by atomic mass is 19.4. The molecule has 3 aromatic rings. The number of aromatic amines is 1. The van der Waals surface area contributed by atoms with Crippen LogP contribution in [0.15, 0.2) is 36.4 Å². The van der Waals surface area contributed by atoms with Crippen LogP contribution in [0.5, 0.6) is 5.75 Å². The standard InChI is InChI=1S/C32H37F3N4O4/c1-36-29(41)20-6-7-21(24(14-20)32(33,34)35)16-39-18-31(10-12-38(13-11-31)30(42)19-4-3-5-19)27-23-9-8-22(43-2)15-25(23)37-28(27)26(39)17-40/h6-9,14-15,19,26,37,40H,3-5,10-13,16-18H2,1-2H3,(H,36,41). The van der Waals surface area contributed by atoms with Gasteiger partial charge in [0.25, 0.3) is 5.91 Å². The molecule has 0 radical (unpaired) electrons. The zero-order valence-corrected chi connectivity index (χ0v) is 24.4. The van der Waals surface area contributed by atoms with E-state index in [0.29, 0.717) is 38.2 Å². The molecule has 1 spiro atoms. The highest BCUT2D eigenvalue weighted by Crippen LogP contribution is 2.50. The maximum atomic E-state index is 14.3. The fraction of sp³-hybridized carbons (Fsp3) is 0.500. The quantitative estimate of drug-likeness (QED) is 0.380. The Morgan fingerprint density at radius 1 is 1.14 bits per heavy atom. The average molecular weight is 599 g/mol. The van der Waals surface area contributed by atoms with Gasteiger partial charge in [-0.05, 0) is 61.1 Å². The van der Waals surface area contributed by atoms with Gasteiger partial charge in [0.2, 0.25) is 5.91 Å². The monoisotopic (exact) mass is 598 g/mol. The third-order valence-electron chi connectivity index (χ3n) is 9.78. The molecule has 2 aromatic carbocycles. The van der Waals surface area contributed by atoms with Crippen molar-refractivity contribution in [3.05, 3.63) is 64.3 Å². The second-order valence-corrected chi connectivity index (χ2v) is 12.1. The number of hydrogen-bond donors (Lipinski definition) is 3. The van der Waals surface area contributed by atoms with Gasteiger partial charge in [-0.25, -0.2) is 0 Å². The predicted molar refractivity (Wildman–Crippen MR) is 155 cm³/mol. The van der Waals surface area contributed by atoms with Crippen molar-refractivity contribution in [2.45, 2.75) is 56.3 Å². The molecule has 11 heteroatoms. The van der Waals surface area contributed by atoms with Crippen LogP contribution in [0, 0.1) is 5.92 Å². The summed E-state index contributed by atoms with van der Waals surface area (Å²) in [6.07, 6.45) is -0.403. The molecule has 2 fully saturated rings. The highest BCUT2D eigenvalue weighted by molar-refractivity contribution is 5.94. The number of aliphatic hydroxyl groups excluding tert-OH is 1. The number of carbonyl (C=O) groups excluding carboxylic acids is 2. The number of carbonyl (C=O) groups is 2. The van der Waals surface area contributed by atoms with Gasteiger partial charge in [-0.2, -0.15) is 13.2 Å². The minimum atomic E-state index is -4.67. The molecule has 6 rings (SSSR count). The Balaban J connectivity index is 1.41. The summed E-state index contributed by atoms with van der Waals surface area (Å²) in [5.74, 6) is 0.385. The second kappa shape index (κ2) is 11.2. The molecule has 1 saturated heterocycles. The van der Waals surface area contributed by atoms with Crippen molar-refractivity contribution < 1.29 is 32.6 Å². The number of aromatic nitrogens is 1. The third-order valence-corrected chi connectivity index (χ3v) is 9.78. The van der Waals surface area contributed by atoms with Crippen LogP contribution in [-0.4, -0.2) is 72.1 Å². The lowest BCUT2D eigenvalue weighted by Crippen LogP contribution is -2.55. The van der Waals surface area contributed by atoms with Gasteiger partial charge >= 0.3 is 6.18 Å². The molecule has 1 unspecified atom stereocenters. The highest BCUT2D eigenvalue weighted by Gasteiger charge is 2.49. The first-order chi connectivity index (χ1) is 20.6. The van der Waals surface area contributed by atoms with Gasteiger partial charge in [0.05, 0.1) is 25.3 Å². The molecule has 3 heterocycles. The molecule has 3 aliphatic rings. The first-order valence-corrected chi connectivity index (χ1v) is 14.8. The lowest BCUT2D eigenvalue weighted by Gasteiger charge is -2.51.